The second-order valence-electron chi connectivity index (χ2n) is 4.77. The molecule has 0 spiro atoms. The summed E-state index contributed by atoms with van der Waals surface area (Å²) in [7, 11) is 1.62. The summed E-state index contributed by atoms with van der Waals surface area (Å²) in [5, 5.41) is 2.84. The van der Waals surface area contributed by atoms with E-state index in [4.69, 9.17) is 9.47 Å². The van der Waals surface area contributed by atoms with E-state index in [1.807, 2.05) is 32.0 Å². The highest BCUT2D eigenvalue weighted by molar-refractivity contribution is 5.76. The van der Waals surface area contributed by atoms with Crippen LogP contribution in [0, 0.1) is 13.8 Å². The molecule has 4 heteroatoms. The van der Waals surface area contributed by atoms with Crippen LogP contribution in [0.2, 0.25) is 0 Å². The van der Waals surface area contributed by atoms with Gasteiger partial charge in [-0.05, 0) is 44.0 Å². The van der Waals surface area contributed by atoms with Gasteiger partial charge in [0.1, 0.15) is 5.75 Å². The minimum Gasteiger partial charge on any atom is -0.493 e. The van der Waals surface area contributed by atoms with Crippen molar-refractivity contribution in [2.24, 2.45) is 0 Å². The second-order valence-corrected chi connectivity index (χ2v) is 4.77. The van der Waals surface area contributed by atoms with Crippen molar-refractivity contribution >= 4 is 5.91 Å². The molecule has 106 valence electrons. The van der Waals surface area contributed by atoms with E-state index in [-0.39, 0.29) is 11.9 Å². The van der Waals surface area contributed by atoms with Crippen LogP contribution in [0.5, 0.6) is 5.75 Å². The van der Waals surface area contributed by atoms with Gasteiger partial charge in [-0.2, -0.15) is 0 Å². The molecular weight excluding hydrogens is 242 g/mol. The van der Waals surface area contributed by atoms with E-state index in [0.29, 0.717) is 19.6 Å². The lowest BCUT2D eigenvalue weighted by Crippen LogP contribution is -2.36. The maximum Gasteiger partial charge on any atom is 0.223 e. The highest BCUT2D eigenvalue weighted by Crippen LogP contribution is 2.16. The predicted molar refractivity (Wildman–Crippen MR) is 75.5 cm³/mol. The first-order valence-corrected chi connectivity index (χ1v) is 6.51. The van der Waals surface area contributed by atoms with Gasteiger partial charge < -0.3 is 14.8 Å². The molecular formula is C15H23NO3. The summed E-state index contributed by atoms with van der Waals surface area (Å²) in [5.41, 5.74) is 2.43. The minimum absolute atomic E-state index is 0.0200. The number of rotatable bonds is 7. The third-order valence-corrected chi connectivity index (χ3v) is 2.90. The Labute approximate surface area is 115 Å². The summed E-state index contributed by atoms with van der Waals surface area (Å²) in [6.07, 6.45) is 0.348. The lowest BCUT2D eigenvalue weighted by Gasteiger charge is -2.13. The molecule has 0 bridgehead atoms. The van der Waals surface area contributed by atoms with Crippen LogP contribution in [0.15, 0.2) is 18.2 Å². The van der Waals surface area contributed by atoms with Gasteiger partial charge in [-0.25, -0.2) is 0 Å². The minimum atomic E-state index is -0.0200. The Morgan fingerprint density at radius 3 is 2.68 bits per heavy atom. The van der Waals surface area contributed by atoms with Gasteiger partial charge in [0.15, 0.2) is 0 Å². The first-order valence-electron chi connectivity index (χ1n) is 6.51. The molecule has 0 aliphatic carbocycles. The van der Waals surface area contributed by atoms with Crippen molar-refractivity contribution in [2.45, 2.75) is 33.2 Å². The Morgan fingerprint density at radius 2 is 2.05 bits per heavy atom. The van der Waals surface area contributed by atoms with E-state index in [2.05, 4.69) is 12.2 Å². The number of benzene rings is 1. The zero-order valence-corrected chi connectivity index (χ0v) is 12.2. The standard InChI is InChI=1S/C15H23NO3/c1-11-5-6-14(9-12(11)2)19-8-7-15(17)16-13(3)10-18-4/h5-6,9,13H,7-8,10H2,1-4H3,(H,16,17). The second kappa shape index (κ2) is 7.79. The maximum atomic E-state index is 11.6. The molecule has 0 saturated carbocycles. The predicted octanol–water partition coefficient (Wildman–Crippen LogP) is 2.22. The molecule has 1 rings (SSSR count). The SMILES string of the molecule is COCC(C)NC(=O)CCOc1ccc(C)c(C)c1. The summed E-state index contributed by atoms with van der Waals surface area (Å²) in [5.74, 6) is 0.786. The van der Waals surface area contributed by atoms with Crippen LogP contribution in [-0.4, -0.2) is 32.3 Å². The third-order valence-electron chi connectivity index (χ3n) is 2.90. The Morgan fingerprint density at radius 1 is 1.32 bits per heavy atom. The zero-order chi connectivity index (χ0) is 14.3. The van der Waals surface area contributed by atoms with Crippen LogP contribution >= 0.6 is 0 Å². The van der Waals surface area contributed by atoms with Crippen molar-refractivity contribution < 1.29 is 14.3 Å². The van der Waals surface area contributed by atoms with Crippen molar-refractivity contribution in [1.82, 2.24) is 5.32 Å². The molecule has 0 aromatic heterocycles. The van der Waals surface area contributed by atoms with E-state index in [1.54, 1.807) is 7.11 Å². The Hall–Kier alpha value is -1.55. The van der Waals surface area contributed by atoms with Crippen molar-refractivity contribution in [2.75, 3.05) is 20.3 Å². The average molecular weight is 265 g/mol. The summed E-state index contributed by atoms with van der Waals surface area (Å²) in [6, 6.07) is 5.96. The Kier molecular flexibility index (Phi) is 6.36. The zero-order valence-electron chi connectivity index (χ0n) is 12.2. The topological polar surface area (TPSA) is 47.6 Å². The van der Waals surface area contributed by atoms with E-state index in [0.717, 1.165) is 5.75 Å². The van der Waals surface area contributed by atoms with Gasteiger partial charge in [0.25, 0.3) is 0 Å². The van der Waals surface area contributed by atoms with Crippen LogP contribution in [0.4, 0.5) is 0 Å². The maximum absolute atomic E-state index is 11.6. The number of aryl methyl sites for hydroxylation is 2. The van der Waals surface area contributed by atoms with Crippen molar-refractivity contribution in [3.8, 4) is 5.75 Å². The molecule has 1 unspecified atom stereocenters. The Balaban J connectivity index is 2.29. The number of hydrogen-bond acceptors (Lipinski definition) is 3. The van der Waals surface area contributed by atoms with Crippen LogP contribution in [0.3, 0.4) is 0 Å². The molecule has 19 heavy (non-hydrogen) atoms. The molecule has 1 aromatic rings. The van der Waals surface area contributed by atoms with Crippen molar-refractivity contribution in [3.63, 3.8) is 0 Å². The number of nitrogens with one attached hydrogen (secondary N) is 1. The third kappa shape index (κ3) is 5.75. The largest absolute Gasteiger partial charge is 0.493 e. The summed E-state index contributed by atoms with van der Waals surface area (Å²) < 4.78 is 10.5. The van der Waals surface area contributed by atoms with Gasteiger partial charge in [-0.15, -0.1) is 0 Å². The fraction of sp³-hybridized carbons (Fsp3) is 0.533. The Bertz CT molecular complexity index is 418. The fourth-order valence-electron chi connectivity index (χ4n) is 1.70. The van der Waals surface area contributed by atoms with Crippen molar-refractivity contribution in [3.05, 3.63) is 29.3 Å². The quantitative estimate of drug-likeness (QED) is 0.822. The first kappa shape index (κ1) is 15.5. The van der Waals surface area contributed by atoms with Crippen LogP contribution < -0.4 is 10.1 Å². The molecule has 0 saturated heterocycles. The highest BCUT2D eigenvalue weighted by Gasteiger charge is 2.07. The van der Waals surface area contributed by atoms with E-state index < -0.39 is 0 Å². The lowest BCUT2D eigenvalue weighted by molar-refractivity contribution is -0.122. The molecule has 0 fully saturated rings. The van der Waals surface area contributed by atoms with E-state index in [1.165, 1.54) is 11.1 Å². The van der Waals surface area contributed by atoms with Gasteiger partial charge in [0.2, 0.25) is 5.91 Å². The highest BCUT2D eigenvalue weighted by atomic mass is 16.5. The molecule has 1 aromatic carbocycles. The van der Waals surface area contributed by atoms with Gasteiger partial charge in [-0.3, -0.25) is 4.79 Å². The van der Waals surface area contributed by atoms with Gasteiger partial charge >= 0.3 is 0 Å². The number of methoxy groups -OCH3 is 1. The number of ether oxygens (including phenoxy) is 2. The van der Waals surface area contributed by atoms with Crippen LogP contribution in [0.25, 0.3) is 0 Å². The molecule has 0 heterocycles. The molecule has 1 atom stereocenters. The lowest BCUT2D eigenvalue weighted by atomic mass is 10.1. The van der Waals surface area contributed by atoms with E-state index >= 15 is 0 Å². The number of carbonyl (C=O) groups excluding carboxylic acids is 1. The molecule has 4 nitrogen and oxygen atoms in total. The summed E-state index contributed by atoms with van der Waals surface area (Å²) in [4.78, 5) is 11.6. The van der Waals surface area contributed by atoms with E-state index in [9.17, 15) is 4.79 Å². The monoisotopic (exact) mass is 265 g/mol. The number of hydrogen-bond donors (Lipinski definition) is 1. The summed E-state index contributed by atoms with van der Waals surface area (Å²) in [6.45, 7) is 6.91. The van der Waals surface area contributed by atoms with Crippen molar-refractivity contribution in [1.29, 1.82) is 0 Å². The van der Waals surface area contributed by atoms with Gasteiger partial charge in [-0.1, -0.05) is 6.07 Å². The first-order chi connectivity index (χ1) is 9.02. The van der Waals surface area contributed by atoms with Gasteiger partial charge in [0, 0.05) is 13.2 Å². The normalized spacial score (nSPS) is 12.0. The van der Waals surface area contributed by atoms with Crippen LogP contribution in [-0.2, 0) is 9.53 Å². The summed E-state index contributed by atoms with van der Waals surface area (Å²) >= 11 is 0. The molecule has 0 radical (unpaired) electrons. The molecule has 1 amide bonds. The molecule has 0 aliphatic rings. The van der Waals surface area contributed by atoms with Crippen LogP contribution in [0.1, 0.15) is 24.5 Å². The van der Waals surface area contributed by atoms with Gasteiger partial charge in [0.05, 0.1) is 19.6 Å². The fourth-order valence-corrected chi connectivity index (χ4v) is 1.70. The molecule has 0 aliphatic heterocycles. The molecule has 1 N–H and O–H groups in total. The average Bonchev–Trinajstić information content (AvgIpc) is 2.34. The smallest absolute Gasteiger partial charge is 0.223 e. The number of carbonyl (C=O) groups is 1. The number of amides is 1.